The van der Waals surface area contributed by atoms with E-state index < -0.39 is 0 Å². The molecule has 1 amide bonds. The third kappa shape index (κ3) is 2.57. The van der Waals surface area contributed by atoms with Gasteiger partial charge in [-0.05, 0) is 48.7 Å². The number of hydrogen-bond donors (Lipinski definition) is 1. The number of nitrogens with zero attached hydrogens (tertiary/aromatic N) is 2. The van der Waals surface area contributed by atoms with Gasteiger partial charge in [-0.2, -0.15) is 5.26 Å². The Balaban J connectivity index is 1.49. The topological polar surface area (TPSA) is 56.1 Å². The molecule has 2 aliphatic heterocycles. The molecule has 4 nitrogen and oxygen atoms in total. The number of carbonyl (C=O) groups excluding carboxylic acids is 1. The van der Waals surface area contributed by atoms with E-state index in [2.05, 4.69) is 22.4 Å². The van der Waals surface area contributed by atoms with Crippen molar-refractivity contribution in [3.05, 3.63) is 65.2 Å². The highest BCUT2D eigenvalue weighted by Gasteiger charge is 2.46. The molecule has 2 aromatic rings. The van der Waals surface area contributed by atoms with Crippen molar-refractivity contribution in [2.75, 3.05) is 18.4 Å². The second kappa shape index (κ2) is 5.77. The van der Waals surface area contributed by atoms with Gasteiger partial charge in [0, 0.05) is 18.8 Å². The molecule has 4 rings (SSSR count). The van der Waals surface area contributed by atoms with Crippen molar-refractivity contribution in [3.63, 3.8) is 0 Å². The number of benzene rings is 2. The molecule has 1 spiro atoms. The fourth-order valence-electron chi connectivity index (χ4n) is 3.86. The highest BCUT2D eigenvalue weighted by atomic mass is 16.2. The first-order valence-electron chi connectivity index (χ1n) is 8.29. The maximum atomic E-state index is 12.7. The van der Waals surface area contributed by atoms with E-state index in [-0.39, 0.29) is 11.3 Å². The molecule has 0 bridgehead atoms. The number of nitrogens with one attached hydrogen (secondary N) is 1. The van der Waals surface area contributed by atoms with E-state index >= 15 is 0 Å². The first kappa shape index (κ1) is 14.9. The van der Waals surface area contributed by atoms with Crippen LogP contribution in [-0.4, -0.2) is 23.9 Å². The van der Waals surface area contributed by atoms with Gasteiger partial charge < -0.3 is 5.32 Å². The molecule has 1 atom stereocenters. The van der Waals surface area contributed by atoms with Crippen molar-refractivity contribution in [1.29, 1.82) is 5.26 Å². The summed E-state index contributed by atoms with van der Waals surface area (Å²) in [6.45, 7) is 2.53. The Hall–Kier alpha value is -2.64. The van der Waals surface area contributed by atoms with Gasteiger partial charge in [0.1, 0.15) is 0 Å². The molecule has 1 unspecified atom stereocenters. The van der Waals surface area contributed by atoms with Crippen LogP contribution in [0.1, 0.15) is 23.1 Å². The molecule has 0 saturated carbocycles. The second-order valence-corrected chi connectivity index (χ2v) is 6.84. The van der Waals surface area contributed by atoms with Crippen molar-refractivity contribution in [1.82, 2.24) is 4.90 Å². The molecule has 1 saturated heterocycles. The molecule has 2 heterocycles. The van der Waals surface area contributed by atoms with Gasteiger partial charge in [0.05, 0.1) is 17.0 Å². The van der Waals surface area contributed by atoms with E-state index in [4.69, 9.17) is 5.26 Å². The van der Waals surface area contributed by atoms with Crippen molar-refractivity contribution in [2.45, 2.75) is 19.4 Å². The van der Waals surface area contributed by atoms with Crippen LogP contribution in [0.5, 0.6) is 0 Å². The van der Waals surface area contributed by atoms with Crippen LogP contribution < -0.4 is 5.32 Å². The van der Waals surface area contributed by atoms with Gasteiger partial charge in [-0.15, -0.1) is 0 Å². The van der Waals surface area contributed by atoms with E-state index in [1.165, 1.54) is 11.1 Å². The van der Waals surface area contributed by atoms with Gasteiger partial charge in [0.15, 0.2) is 0 Å². The van der Waals surface area contributed by atoms with Gasteiger partial charge >= 0.3 is 0 Å². The molecule has 2 aromatic carbocycles. The second-order valence-electron chi connectivity index (χ2n) is 6.84. The number of carbonyl (C=O) groups is 1. The third-order valence-corrected chi connectivity index (χ3v) is 5.20. The van der Waals surface area contributed by atoms with Gasteiger partial charge in [-0.1, -0.05) is 30.3 Å². The molecule has 1 N–H and O–H groups in total. The minimum Gasteiger partial charge on any atom is -0.325 e. The zero-order valence-corrected chi connectivity index (χ0v) is 13.5. The first-order chi connectivity index (χ1) is 11.7. The minimum atomic E-state index is -0.305. The Bertz CT molecular complexity index is 822. The van der Waals surface area contributed by atoms with E-state index in [0.717, 1.165) is 38.2 Å². The number of anilines is 1. The van der Waals surface area contributed by atoms with Gasteiger partial charge in [-0.25, -0.2) is 0 Å². The van der Waals surface area contributed by atoms with Crippen molar-refractivity contribution in [2.24, 2.45) is 5.41 Å². The standard InChI is InChI=1S/C20H19N3O/c21-12-15-5-7-16(8-6-15)13-23-10-9-20(14-23)11-17-3-1-2-4-18(17)22-19(20)24/h1-8H,9-11,13-14H2,(H,22,24). The molecule has 1 fully saturated rings. The number of likely N-dealkylation sites (tertiary alicyclic amines) is 1. The lowest BCUT2D eigenvalue weighted by Crippen LogP contribution is -2.43. The summed E-state index contributed by atoms with van der Waals surface area (Å²) in [7, 11) is 0. The van der Waals surface area contributed by atoms with Crippen LogP contribution in [0.2, 0.25) is 0 Å². The predicted molar refractivity (Wildman–Crippen MR) is 92.3 cm³/mol. The molecule has 0 aliphatic carbocycles. The summed E-state index contributed by atoms with van der Waals surface area (Å²) in [4.78, 5) is 15.0. The Kier molecular flexibility index (Phi) is 3.59. The van der Waals surface area contributed by atoms with Gasteiger partial charge in [0.25, 0.3) is 0 Å². The van der Waals surface area contributed by atoms with Crippen LogP contribution in [0.4, 0.5) is 5.69 Å². The van der Waals surface area contributed by atoms with Crippen LogP contribution in [0.15, 0.2) is 48.5 Å². The van der Waals surface area contributed by atoms with Crippen LogP contribution in [0, 0.1) is 16.7 Å². The van der Waals surface area contributed by atoms with Gasteiger partial charge in [-0.3, -0.25) is 9.69 Å². The Morgan fingerprint density at radius 1 is 1.17 bits per heavy atom. The molecular weight excluding hydrogens is 298 g/mol. The molecule has 0 radical (unpaired) electrons. The summed E-state index contributed by atoms with van der Waals surface area (Å²) >= 11 is 0. The number of para-hydroxylation sites is 1. The molecule has 0 aromatic heterocycles. The van der Waals surface area contributed by atoms with Crippen LogP contribution in [0.3, 0.4) is 0 Å². The van der Waals surface area contributed by atoms with Crippen molar-refractivity contribution in [3.8, 4) is 6.07 Å². The average Bonchev–Trinajstić information content (AvgIpc) is 3.00. The summed E-state index contributed by atoms with van der Waals surface area (Å²) in [6.07, 6.45) is 1.71. The lowest BCUT2D eigenvalue weighted by Gasteiger charge is -2.33. The summed E-state index contributed by atoms with van der Waals surface area (Å²) in [5, 5.41) is 12.0. The fraction of sp³-hybridized carbons (Fsp3) is 0.300. The Morgan fingerprint density at radius 3 is 2.75 bits per heavy atom. The summed E-state index contributed by atoms with van der Waals surface area (Å²) in [5.41, 5.74) is 3.75. The van der Waals surface area contributed by atoms with Crippen molar-refractivity contribution < 1.29 is 4.79 Å². The normalized spacial score (nSPS) is 22.9. The largest absolute Gasteiger partial charge is 0.325 e. The monoisotopic (exact) mass is 317 g/mol. The van der Waals surface area contributed by atoms with E-state index in [1.54, 1.807) is 0 Å². The highest BCUT2D eigenvalue weighted by Crippen LogP contribution is 2.41. The zero-order valence-electron chi connectivity index (χ0n) is 13.5. The van der Waals surface area contributed by atoms with Crippen LogP contribution in [0.25, 0.3) is 0 Å². The lowest BCUT2D eigenvalue weighted by atomic mass is 9.77. The number of rotatable bonds is 2. The summed E-state index contributed by atoms with van der Waals surface area (Å²) in [5.74, 6) is 0.156. The van der Waals surface area contributed by atoms with Gasteiger partial charge in [0.2, 0.25) is 5.91 Å². The fourth-order valence-corrected chi connectivity index (χ4v) is 3.86. The van der Waals surface area contributed by atoms with Crippen molar-refractivity contribution >= 4 is 11.6 Å². The maximum Gasteiger partial charge on any atom is 0.232 e. The highest BCUT2D eigenvalue weighted by molar-refractivity contribution is 5.98. The molecule has 24 heavy (non-hydrogen) atoms. The Morgan fingerprint density at radius 2 is 1.96 bits per heavy atom. The van der Waals surface area contributed by atoms with E-state index in [9.17, 15) is 4.79 Å². The zero-order chi connectivity index (χ0) is 16.6. The number of nitriles is 1. The minimum absolute atomic E-state index is 0.156. The Labute approximate surface area is 141 Å². The quantitative estimate of drug-likeness (QED) is 0.926. The third-order valence-electron chi connectivity index (χ3n) is 5.20. The maximum absolute atomic E-state index is 12.7. The smallest absolute Gasteiger partial charge is 0.232 e. The molecular formula is C20H19N3O. The molecule has 4 heteroatoms. The predicted octanol–water partition coefficient (Wildman–Crippen LogP) is 2.95. The van der Waals surface area contributed by atoms with Crippen LogP contribution >= 0.6 is 0 Å². The van der Waals surface area contributed by atoms with Crippen LogP contribution in [-0.2, 0) is 17.8 Å². The number of hydrogen-bond acceptors (Lipinski definition) is 3. The number of amides is 1. The summed E-state index contributed by atoms with van der Waals surface area (Å²) in [6, 6.07) is 17.9. The lowest BCUT2D eigenvalue weighted by molar-refractivity contribution is -0.125. The SMILES string of the molecule is N#Cc1ccc(CN2CCC3(Cc4ccccc4NC3=O)C2)cc1. The van der Waals surface area contributed by atoms with E-state index in [1.807, 2.05) is 42.5 Å². The average molecular weight is 317 g/mol. The molecule has 120 valence electrons. The number of fused-ring (bicyclic) bond motifs is 1. The molecule has 2 aliphatic rings. The first-order valence-corrected chi connectivity index (χ1v) is 8.29. The van der Waals surface area contributed by atoms with E-state index in [0.29, 0.717) is 5.56 Å². The summed E-state index contributed by atoms with van der Waals surface area (Å²) < 4.78 is 0.